The molecule has 0 spiro atoms. The lowest BCUT2D eigenvalue weighted by Gasteiger charge is -2.03. The van der Waals surface area contributed by atoms with Crippen molar-refractivity contribution in [2.75, 3.05) is 6.61 Å². The lowest BCUT2D eigenvalue weighted by Crippen LogP contribution is -1.92. The molecule has 2 aromatic carbocycles. The normalized spacial score (nSPS) is 12.4. The van der Waals surface area contributed by atoms with Crippen molar-refractivity contribution < 1.29 is 5.11 Å². The molecule has 20 heavy (non-hydrogen) atoms. The van der Waals surface area contributed by atoms with E-state index in [0.717, 1.165) is 17.7 Å². The first kappa shape index (κ1) is 12.9. The molecule has 0 radical (unpaired) electrons. The van der Waals surface area contributed by atoms with Gasteiger partial charge in [-0.2, -0.15) is 0 Å². The first-order valence-corrected chi connectivity index (χ1v) is 7.03. The van der Waals surface area contributed by atoms with Crippen LogP contribution in [0.25, 0.3) is 27.9 Å². The molecule has 0 aliphatic carbocycles. The van der Waals surface area contributed by atoms with Gasteiger partial charge in [-0.25, -0.2) is 0 Å². The maximum atomic E-state index is 9.15. The van der Waals surface area contributed by atoms with Crippen LogP contribution in [0.4, 0.5) is 0 Å². The number of benzene rings is 2. The number of hydrogen-bond acceptors (Lipinski definition) is 1. The Labute approximate surface area is 119 Å². The highest BCUT2D eigenvalue weighted by molar-refractivity contribution is 6.08. The van der Waals surface area contributed by atoms with Gasteiger partial charge in [0.2, 0.25) is 0 Å². The number of hydrogen-bond donors (Lipinski definition) is 1. The van der Waals surface area contributed by atoms with Crippen LogP contribution in [0.5, 0.6) is 0 Å². The van der Waals surface area contributed by atoms with Gasteiger partial charge >= 0.3 is 0 Å². The highest BCUT2D eigenvalue weighted by Crippen LogP contribution is 2.30. The minimum Gasteiger partial charge on any atom is -0.392 e. The van der Waals surface area contributed by atoms with Gasteiger partial charge in [-0.3, -0.25) is 0 Å². The molecule has 1 aromatic heterocycles. The number of aryl methyl sites for hydroxylation is 1. The molecular weight excluding hydrogens is 246 g/mol. The SMILES string of the molecule is CCn1c2ccccc2c2cc(C=C(C)CO)ccc21. The Morgan fingerprint density at radius 3 is 2.60 bits per heavy atom. The van der Waals surface area contributed by atoms with Crippen LogP contribution in [0.15, 0.2) is 48.0 Å². The molecule has 102 valence electrons. The van der Waals surface area contributed by atoms with E-state index >= 15 is 0 Å². The molecule has 2 heteroatoms. The molecule has 0 bridgehead atoms. The van der Waals surface area contributed by atoms with E-state index in [9.17, 15) is 0 Å². The summed E-state index contributed by atoms with van der Waals surface area (Å²) in [7, 11) is 0. The van der Waals surface area contributed by atoms with Crippen molar-refractivity contribution in [1.29, 1.82) is 0 Å². The van der Waals surface area contributed by atoms with Gasteiger partial charge in [0.05, 0.1) is 6.61 Å². The summed E-state index contributed by atoms with van der Waals surface area (Å²) in [6, 6.07) is 15.0. The molecule has 0 amide bonds. The Bertz CT molecular complexity index is 796. The number of rotatable bonds is 3. The third-order valence-corrected chi connectivity index (χ3v) is 3.78. The summed E-state index contributed by atoms with van der Waals surface area (Å²) in [4.78, 5) is 0. The second-order valence-corrected chi connectivity index (χ2v) is 5.19. The summed E-state index contributed by atoms with van der Waals surface area (Å²) in [5.74, 6) is 0. The molecule has 0 saturated carbocycles. The highest BCUT2D eigenvalue weighted by atomic mass is 16.3. The number of para-hydroxylation sites is 1. The zero-order valence-electron chi connectivity index (χ0n) is 11.9. The largest absolute Gasteiger partial charge is 0.392 e. The van der Waals surface area contributed by atoms with Crippen LogP contribution in [-0.2, 0) is 6.54 Å². The smallest absolute Gasteiger partial charge is 0.0642 e. The third kappa shape index (κ3) is 2.02. The number of aromatic nitrogens is 1. The van der Waals surface area contributed by atoms with Crippen LogP contribution in [0.1, 0.15) is 19.4 Å². The summed E-state index contributed by atoms with van der Waals surface area (Å²) in [5, 5.41) is 11.7. The Hall–Kier alpha value is -2.06. The average Bonchev–Trinajstić information content (AvgIpc) is 2.80. The second-order valence-electron chi connectivity index (χ2n) is 5.19. The summed E-state index contributed by atoms with van der Waals surface area (Å²) in [5.41, 5.74) is 4.67. The maximum absolute atomic E-state index is 9.15. The molecule has 0 atom stereocenters. The van der Waals surface area contributed by atoms with Crippen LogP contribution in [-0.4, -0.2) is 16.3 Å². The molecular formula is C18H19NO. The highest BCUT2D eigenvalue weighted by Gasteiger charge is 2.08. The van der Waals surface area contributed by atoms with Crippen molar-refractivity contribution in [3.63, 3.8) is 0 Å². The standard InChI is InChI=1S/C18H19NO/c1-3-19-17-7-5-4-6-15(17)16-11-14(8-9-18(16)19)10-13(2)12-20/h4-11,20H,3,12H2,1-2H3. The van der Waals surface area contributed by atoms with Crippen molar-refractivity contribution in [2.45, 2.75) is 20.4 Å². The van der Waals surface area contributed by atoms with E-state index < -0.39 is 0 Å². The number of aliphatic hydroxyl groups is 1. The van der Waals surface area contributed by atoms with Crippen LogP contribution in [0, 0.1) is 0 Å². The van der Waals surface area contributed by atoms with Gasteiger partial charge in [-0.15, -0.1) is 0 Å². The van der Waals surface area contributed by atoms with E-state index in [-0.39, 0.29) is 6.61 Å². The number of fused-ring (bicyclic) bond motifs is 3. The van der Waals surface area contributed by atoms with Gasteiger partial charge in [0.1, 0.15) is 0 Å². The minimum atomic E-state index is 0.106. The summed E-state index contributed by atoms with van der Waals surface area (Å²) in [6.07, 6.45) is 2.04. The molecule has 0 saturated heterocycles. The first-order valence-electron chi connectivity index (χ1n) is 7.03. The maximum Gasteiger partial charge on any atom is 0.0642 e. The topological polar surface area (TPSA) is 25.2 Å². The van der Waals surface area contributed by atoms with Crippen LogP contribution in [0.2, 0.25) is 0 Å². The molecule has 3 aromatic rings. The monoisotopic (exact) mass is 265 g/mol. The van der Waals surface area contributed by atoms with Crippen molar-refractivity contribution in [3.8, 4) is 0 Å². The first-order chi connectivity index (χ1) is 9.74. The summed E-state index contributed by atoms with van der Waals surface area (Å²) in [6.45, 7) is 5.19. The Morgan fingerprint density at radius 1 is 1.10 bits per heavy atom. The molecule has 2 nitrogen and oxygen atoms in total. The van der Waals surface area contributed by atoms with Crippen molar-refractivity contribution in [1.82, 2.24) is 4.57 Å². The van der Waals surface area contributed by atoms with Crippen LogP contribution in [0.3, 0.4) is 0 Å². The Kier molecular flexibility index (Phi) is 3.33. The second kappa shape index (κ2) is 5.14. The zero-order valence-corrected chi connectivity index (χ0v) is 11.9. The Morgan fingerprint density at radius 2 is 1.85 bits per heavy atom. The molecule has 1 heterocycles. The van der Waals surface area contributed by atoms with E-state index in [0.29, 0.717) is 0 Å². The van der Waals surface area contributed by atoms with Gasteiger partial charge in [0.15, 0.2) is 0 Å². The predicted octanol–water partition coefficient (Wildman–Crippen LogP) is 4.21. The average molecular weight is 265 g/mol. The minimum absolute atomic E-state index is 0.106. The summed E-state index contributed by atoms with van der Waals surface area (Å²) < 4.78 is 2.34. The van der Waals surface area contributed by atoms with Gasteiger partial charge in [-0.05, 0) is 43.2 Å². The lowest BCUT2D eigenvalue weighted by atomic mass is 10.1. The van der Waals surface area contributed by atoms with E-state index in [1.807, 2.05) is 13.0 Å². The molecule has 0 aliphatic rings. The third-order valence-electron chi connectivity index (χ3n) is 3.78. The molecule has 0 unspecified atom stereocenters. The van der Waals surface area contributed by atoms with Crippen LogP contribution < -0.4 is 0 Å². The van der Waals surface area contributed by atoms with E-state index in [1.54, 1.807) is 0 Å². The molecule has 0 aliphatic heterocycles. The van der Waals surface area contributed by atoms with Gasteiger partial charge in [-0.1, -0.05) is 30.3 Å². The summed E-state index contributed by atoms with van der Waals surface area (Å²) >= 11 is 0. The lowest BCUT2D eigenvalue weighted by molar-refractivity contribution is 0.332. The molecule has 0 fully saturated rings. The van der Waals surface area contributed by atoms with E-state index in [4.69, 9.17) is 5.11 Å². The van der Waals surface area contributed by atoms with Crippen LogP contribution >= 0.6 is 0 Å². The van der Waals surface area contributed by atoms with Gasteiger partial charge in [0, 0.05) is 28.4 Å². The quantitative estimate of drug-likeness (QED) is 0.754. The van der Waals surface area contributed by atoms with Crippen molar-refractivity contribution in [2.24, 2.45) is 0 Å². The Balaban J connectivity index is 2.31. The van der Waals surface area contributed by atoms with Gasteiger partial charge in [0.25, 0.3) is 0 Å². The van der Waals surface area contributed by atoms with E-state index in [1.165, 1.54) is 21.8 Å². The predicted molar refractivity (Wildman–Crippen MR) is 85.9 cm³/mol. The fourth-order valence-electron chi connectivity index (χ4n) is 2.83. The van der Waals surface area contributed by atoms with Crippen molar-refractivity contribution in [3.05, 3.63) is 53.6 Å². The van der Waals surface area contributed by atoms with Crippen molar-refractivity contribution >= 4 is 27.9 Å². The van der Waals surface area contributed by atoms with E-state index in [2.05, 4.69) is 54.0 Å². The number of nitrogens with zero attached hydrogens (tertiary/aromatic N) is 1. The fourth-order valence-corrected chi connectivity index (χ4v) is 2.83. The fraction of sp³-hybridized carbons (Fsp3) is 0.222. The molecule has 3 rings (SSSR count). The number of aliphatic hydroxyl groups excluding tert-OH is 1. The molecule has 1 N–H and O–H groups in total. The zero-order chi connectivity index (χ0) is 14.1. The van der Waals surface area contributed by atoms with Gasteiger partial charge < -0.3 is 9.67 Å².